The summed E-state index contributed by atoms with van der Waals surface area (Å²) in [6.07, 6.45) is 10.5. The van der Waals surface area contributed by atoms with E-state index in [0.717, 1.165) is 44.5 Å². The Kier molecular flexibility index (Phi) is 5.24. The fourth-order valence-electron chi connectivity index (χ4n) is 3.29. The first kappa shape index (κ1) is 16.6. The van der Waals surface area contributed by atoms with Gasteiger partial charge in [-0.25, -0.2) is 4.98 Å². The number of hydrogen-bond acceptors (Lipinski definition) is 5. The van der Waals surface area contributed by atoms with Crippen molar-refractivity contribution in [3.05, 3.63) is 30.1 Å². The molecule has 1 atom stereocenters. The maximum atomic E-state index is 12.8. The minimum atomic E-state index is -0.0252. The summed E-state index contributed by atoms with van der Waals surface area (Å²) in [4.78, 5) is 19.1. The third-order valence-electron chi connectivity index (χ3n) is 4.63. The van der Waals surface area contributed by atoms with E-state index in [0.29, 0.717) is 18.8 Å². The lowest BCUT2D eigenvalue weighted by atomic mass is 9.97. The van der Waals surface area contributed by atoms with E-state index in [-0.39, 0.29) is 11.9 Å². The molecule has 24 heavy (non-hydrogen) atoms. The third kappa shape index (κ3) is 3.64. The summed E-state index contributed by atoms with van der Waals surface area (Å²) in [5, 5.41) is 7.99. The standard InChI is InChI=1S/C16H25N7O/c1-21-11-8-18-15(21)6-5-13-4-2-3-9-23(13)16(24)14-12-22(10-7-17)20-19-14/h8,11-13H,2-7,9-10,17H2,1H3. The SMILES string of the molecule is Cn1ccnc1CCC1CCCCN1C(=O)c1cn(CCN)nn1. The van der Waals surface area contributed by atoms with Crippen LogP contribution in [0.15, 0.2) is 18.6 Å². The highest BCUT2D eigenvalue weighted by Crippen LogP contribution is 2.22. The number of amides is 1. The Hall–Kier alpha value is -2.22. The zero-order valence-electron chi connectivity index (χ0n) is 14.1. The molecule has 8 heteroatoms. The summed E-state index contributed by atoms with van der Waals surface area (Å²) in [6, 6.07) is 0.239. The lowest BCUT2D eigenvalue weighted by molar-refractivity contribution is 0.0595. The van der Waals surface area contributed by atoms with E-state index in [1.165, 1.54) is 0 Å². The van der Waals surface area contributed by atoms with Crippen LogP contribution < -0.4 is 5.73 Å². The number of aryl methyl sites for hydroxylation is 2. The Balaban J connectivity index is 1.66. The molecule has 0 bridgehead atoms. The molecule has 0 radical (unpaired) electrons. The third-order valence-corrected chi connectivity index (χ3v) is 4.63. The zero-order valence-corrected chi connectivity index (χ0v) is 14.1. The average molecular weight is 331 g/mol. The van der Waals surface area contributed by atoms with Gasteiger partial charge in [0.25, 0.3) is 5.91 Å². The molecule has 1 amide bonds. The van der Waals surface area contributed by atoms with Crippen molar-refractivity contribution in [2.75, 3.05) is 13.1 Å². The van der Waals surface area contributed by atoms with Gasteiger partial charge in [0.1, 0.15) is 5.82 Å². The monoisotopic (exact) mass is 331 g/mol. The van der Waals surface area contributed by atoms with Crippen LogP contribution in [0.25, 0.3) is 0 Å². The number of nitrogens with zero attached hydrogens (tertiary/aromatic N) is 6. The van der Waals surface area contributed by atoms with Crippen LogP contribution in [0.3, 0.4) is 0 Å². The van der Waals surface area contributed by atoms with Gasteiger partial charge in [0.05, 0.1) is 12.7 Å². The number of hydrogen-bond donors (Lipinski definition) is 1. The van der Waals surface area contributed by atoms with Crippen molar-refractivity contribution in [1.29, 1.82) is 0 Å². The maximum absolute atomic E-state index is 12.8. The van der Waals surface area contributed by atoms with Gasteiger partial charge in [-0.2, -0.15) is 0 Å². The quantitative estimate of drug-likeness (QED) is 0.836. The summed E-state index contributed by atoms with van der Waals surface area (Å²) in [5.74, 6) is 1.03. The first-order chi connectivity index (χ1) is 11.7. The molecule has 8 nitrogen and oxygen atoms in total. The number of piperidine rings is 1. The highest BCUT2D eigenvalue weighted by atomic mass is 16.2. The molecule has 1 saturated heterocycles. The van der Waals surface area contributed by atoms with Crippen molar-refractivity contribution in [3.63, 3.8) is 0 Å². The van der Waals surface area contributed by atoms with Crippen LogP contribution in [0, 0.1) is 0 Å². The number of likely N-dealkylation sites (tertiary alicyclic amines) is 1. The number of carbonyl (C=O) groups is 1. The van der Waals surface area contributed by atoms with Crippen LogP contribution in [0.2, 0.25) is 0 Å². The van der Waals surface area contributed by atoms with Crippen molar-refractivity contribution >= 4 is 5.91 Å². The number of rotatable bonds is 6. The van der Waals surface area contributed by atoms with Gasteiger partial charge in [-0.05, 0) is 25.7 Å². The summed E-state index contributed by atoms with van der Waals surface area (Å²) in [5.41, 5.74) is 5.93. The van der Waals surface area contributed by atoms with E-state index in [9.17, 15) is 4.79 Å². The maximum Gasteiger partial charge on any atom is 0.276 e. The number of imidazole rings is 1. The summed E-state index contributed by atoms with van der Waals surface area (Å²) in [6.45, 7) is 1.84. The van der Waals surface area contributed by atoms with Gasteiger partial charge >= 0.3 is 0 Å². The molecule has 0 aliphatic carbocycles. The minimum absolute atomic E-state index is 0.0252. The molecule has 1 unspecified atom stereocenters. The van der Waals surface area contributed by atoms with E-state index in [2.05, 4.69) is 15.3 Å². The minimum Gasteiger partial charge on any atom is -0.338 e. The van der Waals surface area contributed by atoms with Gasteiger partial charge in [0.15, 0.2) is 5.69 Å². The number of nitrogens with two attached hydrogens (primary N) is 1. The zero-order chi connectivity index (χ0) is 16.9. The summed E-state index contributed by atoms with van der Waals surface area (Å²) in [7, 11) is 2.00. The van der Waals surface area contributed by atoms with E-state index < -0.39 is 0 Å². The smallest absolute Gasteiger partial charge is 0.276 e. The molecule has 3 heterocycles. The number of aromatic nitrogens is 5. The van der Waals surface area contributed by atoms with Crippen molar-refractivity contribution in [2.24, 2.45) is 12.8 Å². The van der Waals surface area contributed by atoms with Crippen LogP contribution in [-0.2, 0) is 20.0 Å². The van der Waals surface area contributed by atoms with Gasteiger partial charge in [0.2, 0.25) is 0 Å². The molecule has 2 aromatic heterocycles. The van der Waals surface area contributed by atoms with Gasteiger partial charge in [-0.1, -0.05) is 5.21 Å². The highest BCUT2D eigenvalue weighted by molar-refractivity contribution is 5.92. The molecule has 1 aliphatic heterocycles. The van der Waals surface area contributed by atoms with Gasteiger partial charge < -0.3 is 15.2 Å². The van der Waals surface area contributed by atoms with Gasteiger partial charge in [0, 0.05) is 45.0 Å². The van der Waals surface area contributed by atoms with E-state index in [1.807, 2.05) is 28.9 Å². The average Bonchev–Trinajstić information content (AvgIpc) is 3.22. The Bertz CT molecular complexity index is 678. The fraction of sp³-hybridized carbons (Fsp3) is 0.625. The Morgan fingerprint density at radius 2 is 2.29 bits per heavy atom. The topological polar surface area (TPSA) is 94.9 Å². The lowest BCUT2D eigenvalue weighted by Crippen LogP contribution is -2.44. The van der Waals surface area contributed by atoms with Crippen molar-refractivity contribution in [2.45, 2.75) is 44.7 Å². The lowest BCUT2D eigenvalue weighted by Gasteiger charge is -2.35. The van der Waals surface area contributed by atoms with Crippen LogP contribution in [0.1, 0.15) is 42.0 Å². The predicted octanol–water partition coefficient (Wildman–Crippen LogP) is 0.598. The second kappa shape index (κ2) is 7.57. The molecule has 2 aromatic rings. The summed E-state index contributed by atoms with van der Waals surface area (Å²) >= 11 is 0. The van der Waals surface area contributed by atoms with Crippen LogP contribution in [-0.4, -0.2) is 54.5 Å². The van der Waals surface area contributed by atoms with Crippen molar-refractivity contribution in [1.82, 2.24) is 29.4 Å². The van der Waals surface area contributed by atoms with Crippen LogP contribution in [0.4, 0.5) is 0 Å². The van der Waals surface area contributed by atoms with Gasteiger partial charge in [-0.3, -0.25) is 9.48 Å². The molecule has 1 fully saturated rings. The molecular formula is C16H25N7O. The van der Waals surface area contributed by atoms with Crippen LogP contribution in [0.5, 0.6) is 0 Å². The first-order valence-electron chi connectivity index (χ1n) is 8.56. The molecule has 130 valence electrons. The second-order valence-electron chi connectivity index (χ2n) is 6.30. The molecule has 0 aromatic carbocycles. The molecule has 0 saturated carbocycles. The van der Waals surface area contributed by atoms with E-state index >= 15 is 0 Å². The molecular weight excluding hydrogens is 306 g/mol. The molecule has 2 N–H and O–H groups in total. The van der Waals surface area contributed by atoms with Crippen molar-refractivity contribution < 1.29 is 4.79 Å². The Labute approximate surface area is 141 Å². The Morgan fingerprint density at radius 1 is 1.42 bits per heavy atom. The Morgan fingerprint density at radius 3 is 3.04 bits per heavy atom. The predicted molar refractivity (Wildman–Crippen MR) is 89.3 cm³/mol. The van der Waals surface area contributed by atoms with E-state index in [4.69, 9.17) is 5.73 Å². The normalized spacial score (nSPS) is 18.1. The fourth-order valence-corrected chi connectivity index (χ4v) is 3.29. The van der Waals surface area contributed by atoms with E-state index in [1.54, 1.807) is 10.9 Å². The van der Waals surface area contributed by atoms with Crippen molar-refractivity contribution in [3.8, 4) is 0 Å². The second-order valence-corrected chi connectivity index (χ2v) is 6.30. The summed E-state index contributed by atoms with van der Waals surface area (Å²) < 4.78 is 3.66. The molecule has 0 spiro atoms. The molecule has 3 rings (SSSR count). The largest absolute Gasteiger partial charge is 0.338 e. The van der Waals surface area contributed by atoms with Gasteiger partial charge in [-0.15, -0.1) is 5.10 Å². The first-order valence-corrected chi connectivity index (χ1v) is 8.56. The number of carbonyl (C=O) groups excluding carboxylic acids is 1. The highest BCUT2D eigenvalue weighted by Gasteiger charge is 2.29. The van der Waals surface area contributed by atoms with Crippen LogP contribution >= 0.6 is 0 Å². The molecule has 1 aliphatic rings.